The number of nitrogens with two attached hydrogens (primary N) is 1. The van der Waals surface area contributed by atoms with Crippen molar-refractivity contribution in [2.24, 2.45) is 5.14 Å². The van der Waals surface area contributed by atoms with Crippen LogP contribution < -0.4 is 9.88 Å². The number of sulfone groups is 1. The third-order valence-electron chi connectivity index (χ3n) is 2.18. The lowest BCUT2D eigenvalue weighted by Gasteiger charge is -2.08. The van der Waals surface area contributed by atoms with Crippen LogP contribution in [-0.4, -0.2) is 35.5 Å². The Labute approximate surface area is 107 Å². The minimum atomic E-state index is -3.75. The van der Waals surface area contributed by atoms with E-state index in [-0.39, 0.29) is 17.3 Å². The zero-order valence-electron chi connectivity index (χ0n) is 10.1. The summed E-state index contributed by atoms with van der Waals surface area (Å²) in [6, 6.07) is 4.28. The van der Waals surface area contributed by atoms with Gasteiger partial charge in [0.1, 0.15) is 12.4 Å². The Kier molecular flexibility index (Phi) is 4.36. The molecule has 6 nitrogen and oxygen atoms in total. The molecule has 0 aliphatic carbocycles. The molecule has 2 N–H and O–H groups in total. The molecule has 1 aromatic rings. The van der Waals surface area contributed by atoms with Gasteiger partial charge in [-0.1, -0.05) is 0 Å². The van der Waals surface area contributed by atoms with Crippen LogP contribution in [0.1, 0.15) is 5.56 Å². The van der Waals surface area contributed by atoms with Crippen molar-refractivity contribution in [2.75, 3.05) is 18.6 Å². The maximum absolute atomic E-state index is 11.2. The number of aryl methyl sites for hydroxylation is 1. The summed E-state index contributed by atoms with van der Waals surface area (Å²) in [7, 11) is -6.82. The summed E-state index contributed by atoms with van der Waals surface area (Å²) in [5.41, 5.74) is 0.453. The second kappa shape index (κ2) is 5.25. The monoisotopic (exact) mass is 293 g/mol. The van der Waals surface area contributed by atoms with Gasteiger partial charge in [-0.25, -0.2) is 22.0 Å². The third-order valence-corrected chi connectivity index (χ3v) is 4.16. The molecule has 18 heavy (non-hydrogen) atoms. The number of hydrogen-bond acceptors (Lipinski definition) is 5. The average Bonchev–Trinajstić information content (AvgIpc) is 2.13. The molecule has 1 aromatic carbocycles. The molecule has 0 aromatic heterocycles. The molecule has 0 saturated carbocycles. The van der Waals surface area contributed by atoms with Gasteiger partial charge in [0.05, 0.1) is 10.6 Å². The summed E-state index contributed by atoms with van der Waals surface area (Å²) in [5, 5.41) is 5.02. The van der Waals surface area contributed by atoms with Crippen LogP contribution in [-0.2, 0) is 19.9 Å². The van der Waals surface area contributed by atoms with Gasteiger partial charge in [-0.2, -0.15) is 0 Å². The van der Waals surface area contributed by atoms with E-state index in [0.29, 0.717) is 11.3 Å². The second-order valence-corrected chi connectivity index (χ2v) is 7.74. The average molecular weight is 293 g/mol. The first-order valence-corrected chi connectivity index (χ1v) is 8.64. The number of hydrogen-bond donors (Lipinski definition) is 1. The molecule has 0 radical (unpaired) electrons. The van der Waals surface area contributed by atoms with E-state index < -0.39 is 19.9 Å². The molecule has 1 rings (SSSR count). The van der Waals surface area contributed by atoms with E-state index in [9.17, 15) is 16.8 Å². The molecular weight excluding hydrogens is 278 g/mol. The topological polar surface area (TPSA) is 104 Å². The van der Waals surface area contributed by atoms with Crippen molar-refractivity contribution in [2.45, 2.75) is 11.8 Å². The number of rotatable bonds is 5. The molecule has 0 heterocycles. The summed E-state index contributed by atoms with van der Waals surface area (Å²) in [6.07, 6.45) is 1.12. The first-order valence-electron chi connectivity index (χ1n) is 5.03. The van der Waals surface area contributed by atoms with E-state index in [0.717, 1.165) is 6.26 Å². The molecule has 0 bridgehead atoms. The molecule has 0 saturated heterocycles. The van der Waals surface area contributed by atoms with Gasteiger partial charge in [0.2, 0.25) is 10.0 Å². The number of benzene rings is 1. The van der Waals surface area contributed by atoms with Gasteiger partial charge in [-0.15, -0.1) is 0 Å². The number of primary sulfonamides is 1. The van der Waals surface area contributed by atoms with Crippen LogP contribution in [0.2, 0.25) is 0 Å². The minimum absolute atomic E-state index is 0.0208. The first kappa shape index (κ1) is 14.9. The van der Waals surface area contributed by atoms with Gasteiger partial charge in [-0.3, -0.25) is 0 Å². The highest BCUT2D eigenvalue weighted by atomic mass is 32.2. The van der Waals surface area contributed by atoms with E-state index in [1.165, 1.54) is 18.2 Å². The maximum Gasteiger partial charge on any atom is 0.238 e. The summed E-state index contributed by atoms with van der Waals surface area (Å²) >= 11 is 0. The van der Waals surface area contributed by atoms with E-state index in [1.54, 1.807) is 6.92 Å². The third kappa shape index (κ3) is 4.63. The van der Waals surface area contributed by atoms with Gasteiger partial charge < -0.3 is 4.74 Å². The normalized spacial score (nSPS) is 12.4. The second-order valence-electron chi connectivity index (χ2n) is 3.95. The summed E-state index contributed by atoms with van der Waals surface area (Å²) < 4.78 is 49.3. The Hall–Kier alpha value is -1.12. The first-order chi connectivity index (χ1) is 8.09. The fraction of sp³-hybridized carbons (Fsp3) is 0.400. The van der Waals surface area contributed by atoms with Crippen LogP contribution in [0.15, 0.2) is 23.1 Å². The van der Waals surface area contributed by atoms with Crippen molar-refractivity contribution >= 4 is 19.9 Å². The molecule has 0 aliphatic heterocycles. The number of sulfonamides is 1. The SMILES string of the molecule is Cc1cc(OCCS(C)(=O)=O)ccc1S(N)(=O)=O. The van der Waals surface area contributed by atoms with E-state index in [4.69, 9.17) is 9.88 Å². The lowest BCUT2D eigenvalue weighted by molar-refractivity contribution is 0.340. The molecule has 0 aliphatic rings. The molecule has 0 amide bonds. The summed E-state index contributed by atoms with van der Waals surface area (Å²) in [5.74, 6) is 0.312. The fourth-order valence-electron chi connectivity index (χ4n) is 1.34. The minimum Gasteiger partial charge on any atom is -0.493 e. The molecule has 0 unspecified atom stereocenters. The Balaban J connectivity index is 2.80. The van der Waals surface area contributed by atoms with Crippen LogP contribution in [0.4, 0.5) is 0 Å². The molecular formula is C10H15NO5S2. The molecule has 0 spiro atoms. The summed E-state index contributed by atoms with van der Waals surface area (Å²) in [4.78, 5) is 0.0259. The fourth-order valence-corrected chi connectivity index (χ4v) is 2.49. The van der Waals surface area contributed by atoms with Crippen molar-refractivity contribution in [1.82, 2.24) is 0 Å². The van der Waals surface area contributed by atoms with Gasteiger partial charge >= 0.3 is 0 Å². The predicted molar refractivity (Wildman–Crippen MR) is 67.8 cm³/mol. The van der Waals surface area contributed by atoms with E-state index in [2.05, 4.69) is 0 Å². The van der Waals surface area contributed by atoms with Gasteiger partial charge in [0, 0.05) is 6.26 Å². The van der Waals surface area contributed by atoms with Crippen molar-refractivity contribution < 1.29 is 21.6 Å². The largest absolute Gasteiger partial charge is 0.493 e. The summed E-state index contributed by atoms with van der Waals surface area (Å²) in [6.45, 7) is 1.61. The van der Waals surface area contributed by atoms with Crippen molar-refractivity contribution in [1.29, 1.82) is 0 Å². The van der Waals surface area contributed by atoms with Crippen LogP contribution in [0.3, 0.4) is 0 Å². The highest BCUT2D eigenvalue weighted by Crippen LogP contribution is 2.20. The zero-order chi connectivity index (χ0) is 14.0. The molecule has 8 heteroatoms. The lowest BCUT2D eigenvalue weighted by Crippen LogP contribution is -2.14. The number of ether oxygens (including phenoxy) is 1. The van der Waals surface area contributed by atoms with Crippen molar-refractivity contribution in [3.8, 4) is 5.75 Å². The van der Waals surface area contributed by atoms with Crippen molar-refractivity contribution in [3.05, 3.63) is 23.8 Å². The quantitative estimate of drug-likeness (QED) is 0.827. The van der Waals surface area contributed by atoms with Gasteiger partial charge in [0.25, 0.3) is 0 Å². The van der Waals surface area contributed by atoms with Gasteiger partial charge in [-0.05, 0) is 30.7 Å². The maximum atomic E-state index is 11.2. The van der Waals surface area contributed by atoms with E-state index in [1.807, 2.05) is 0 Å². The van der Waals surface area contributed by atoms with Gasteiger partial charge in [0.15, 0.2) is 9.84 Å². The van der Waals surface area contributed by atoms with Crippen LogP contribution in [0, 0.1) is 6.92 Å². The lowest BCUT2D eigenvalue weighted by atomic mass is 10.2. The molecule has 0 atom stereocenters. The highest BCUT2D eigenvalue weighted by Gasteiger charge is 2.12. The van der Waals surface area contributed by atoms with Crippen molar-refractivity contribution in [3.63, 3.8) is 0 Å². The standard InChI is InChI=1S/C10H15NO5S2/c1-8-7-9(16-5-6-17(2,12)13)3-4-10(8)18(11,14)15/h3-4,7H,5-6H2,1-2H3,(H2,11,14,15). The predicted octanol–water partition coefficient (Wildman–Crippen LogP) is 0.0658. The molecule has 0 fully saturated rings. The Bertz CT molecular complexity index is 634. The Morgan fingerprint density at radius 3 is 2.28 bits per heavy atom. The smallest absolute Gasteiger partial charge is 0.238 e. The van der Waals surface area contributed by atoms with E-state index >= 15 is 0 Å². The molecule has 102 valence electrons. The zero-order valence-corrected chi connectivity index (χ0v) is 11.7. The Morgan fingerprint density at radius 1 is 1.22 bits per heavy atom. The van der Waals surface area contributed by atoms with Crippen LogP contribution in [0.25, 0.3) is 0 Å². The highest BCUT2D eigenvalue weighted by molar-refractivity contribution is 7.90. The Morgan fingerprint density at radius 2 is 1.83 bits per heavy atom. The van der Waals surface area contributed by atoms with Crippen LogP contribution in [0.5, 0.6) is 5.75 Å². The van der Waals surface area contributed by atoms with Crippen LogP contribution >= 0.6 is 0 Å².